The lowest BCUT2D eigenvalue weighted by atomic mass is 10.2. The quantitative estimate of drug-likeness (QED) is 0.846. The Kier molecular flexibility index (Phi) is 5.38. The Labute approximate surface area is 143 Å². The maximum Gasteiger partial charge on any atom is 0.344 e. The van der Waals surface area contributed by atoms with Gasteiger partial charge in [-0.25, -0.2) is 9.48 Å². The summed E-state index contributed by atoms with van der Waals surface area (Å²) in [4.78, 5) is 10.9. The summed E-state index contributed by atoms with van der Waals surface area (Å²) in [6.45, 7) is 3.39. The van der Waals surface area contributed by atoms with Gasteiger partial charge in [-0.3, -0.25) is 0 Å². The van der Waals surface area contributed by atoms with Crippen molar-refractivity contribution in [2.45, 2.75) is 26.4 Å². The molecule has 0 fully saturated rings. The van der Waals surface area contributed by atoms with Crippen molar-refractivity contribution in [3.8, 4) is 17.4 Å². The molecule has 0 unspecified atom stereocenters. The molecule has 0 aliphatic rings. The molecule has 2 aromatic rings. The number of aliphatic carboxylic acids is 1. The van der Waals surface area contributed by atoms with E-state index in [1.54, 1.807) is 17.9 Å². The molecule has 0 spiro atoms. The first-order valence-electron chi connectivity index (χ1n) is 6.90. The molecule has 1 heterocycles. The van der Waals surface area contributed by atoms with Crippen molar-refractivity contribution in [3.63, 3.8) is 0 Å². The van der Waals surface area contributed by atoms with Gasteiger partial charge in [-0.15, -0.1) is 0 Å². The third-order valence-corrected chi connectivity index (χ3v) is 3.77. The van der Waals surface area contributed by atoms with E-state index in [0.29, 0.717) is 11.6 Å². The van der Waals surface area contributed by atoms with Crippen molar-refractivity contribution in [1.82, 2.24) is 9.78 Å². The molecule has 0 amide bonds. The van der Waals surface area contributed by atoms with E-state index in [9.17, 15) is 4.79 Å². The number of hydrogen-bond acceptors (Lipinski definition) is 4. The second kappa shape index (κ2) is 7.10. The molecule has 1 aromatic heterocycles. The second-order valence-corrected chi connectivity index (χ2v) is 5.68. The second-order valence-electron chi connectivity index (χ2n) is 4.87. The summed E-state index contributed by atoms with van der Waals surface area (Å²) < 4.78 is 12.7. The van der Waals surface area contributed by atoms with E-state index in [1.165, 1.54) is 19.1 Å². The maximum atomic E-state index is 10.9. The molecule has 0 aliphatic heterocycles. The van der Waals surface area contributed by atoms with Gasteiger partial charge in [-0.05, 0) is 19.4 Å². The van der Waals surface area contributed by atoms with Gasteiger partial charge in [0, 0.05) is 18.7 Å². The van der Waals surface area contributed by atoms with E-state index < -0.39 is 12.1 Å². The van der Waals surface area contributed by atoms with Crippen molar-refractivity contribution < 1.29 is 19.4 Å². The fourth-order valence-electron chi connectivity index (χ4n) is 1.87. The van der Waals surface area contributed by atoms with Crippen LogP contribution in [0.5, 0.6) is 17.4 Å². The van der Waals surface area contributed by atoms with Gasteiger partial charge in [0.2, 0.25) is 5.88 Å². The summed E-state index contributed by atoms with van der Waals surface area (Å²) in [7, 11) is 1.75. The molecule has 2 rings (SSSR count). The number of rotatable bonds is 6. The summed E-state index contributed by atoms with van der Waals surface area (Å²) in [6, 6.07) is 2.92. The van der Waals surface area contributed by atoms with Crippen LogP contribution in [-0.2, 0) is 18.3 Å². The van der Waals surface area contributed by atoms with Gasteiger partial charge < -0.3 is 14.6 Å². The highest BCUT2D eigenvalue weighted by Crippen LogP contribution is 2.39. The molecule has 124 valence electrons. The predicted molar refractivity (Wildman–Crippen MR) is 86.8 cm³/mol. The molecular formula is C15H16Cl2N2O4. The van der Waals surface area contributed by atoms with Crippen molar-refractivity contribution >= 4 is 29.2 Å². The average molecular weight is 359 g/mol. The van der Waals surface area contributed by atoms with Crippen molar-refractivity contribution in [2.75, 3.05) is 0 Å². The molecule has 6 nitrogen and oxygen atoms in total. The molecule has 0 saturated heterocycles. The van der Waals surface area contributed by atoms with Crippen molar-refractivity contribution in [3.05, 3.63) is 33.9 Å². The average Bonchev–Trinajstić information content (AvgIpc) is 2.84. The lowest BCUT2D eigenvalue weighted by Crippen LogP contribution is -2.23. The topological polar surface area (TPSA) is 73.6 Å². The van der Waals surface area contributed by atoms with Gasteiger partial charge in [0.25, 0.3) is 0 Å². The van der Waals surface area contributed by atoms with Gasteiger partial charge in [-0.1, -0.05) is 30.1 Å². The number of hydrogen-bond donors (Lipinski definition) is 1. The Morgan fingerprint density at radius 1 is 1.35 bits per heavy atom. The zero-order valence-corrected chi connectivity index (χ0v) is 14.4. The number of carbonyl (C=O) groups is 1. The monoisotopic (exact) mass is 358 g/mol. The highest BCUT2D eigenvalue weighted by Gasteiger charge is 2.18. The van der Waals surface area contributed by atoms with E-state index >= 15 is 0 Å². The highest BCUT2D eigenvalue weighted by molar-refractivity contribution is 6.36. The summed E-state index contributed by atoms with van der Waals surface area (Å²) in [5.41, 5.74) is 0.917. The van der Waals surface area contributed by atoms with E-state index in [2.05, 4.69) is 5.10 Å². The van der Waals surface area contributed by atoms with Gasteiger partial charge in [0.15, 0.2) is 11.9 Å². The van der Waals surface area contributed by atoms with Crippen LogP contribution in [0.2, 0.25) is 10.0 Å². The smallest absolute Gasteiger partial charge is 0.344 e. The van der Waals surface area contributed by atoms with E-state index in [0.717, 1.165) is 12.0 Å². The molecule has 0 bridgehead atoms. The Hall–Kier alpha value is -1.92. The first-order valence-corrected chi connectivity index (χ1v) is 7.66. The minimum absolute atomic E-state index is 0.182. The minimum Gasteiger partial charge on any atom is -0.479 e. The lowest BCUT2D eigenvalue weighted by molar-refractivity contribution is -0.144. The standard InChI is InChI=1S/C15H16Cl2N2O4/c1-4-9-7-18-19(3)14(9)23-13-6-12(10(16)5-11(13)17)22-8(2)15(20)21/h5-8H,4H2,1-3H3,(H,20,21)/t8-/m0/s1. The molecular weight excluding hydrogens is 343 g/mol. The minimum atomic E-state index is -1.10. The molecule has 8 heteroatoms. The van der Waals surface area contributed by atoms with Crippen LogP contribution in [0.25, 0.3) is 0 Å². The van der Waals surface area contributed by atoms with Crippen molar-refractivity contribution in [1.29, 1.82) is 0 Å². The summed E-state index contributed by atoms with van der Waals surface area (Å²) >= 11 is 12.2. The predicted octanol–water partition coefficient (Wildman–Crippen LogP) is 3.93. The molecule has 1 aromatic carbocycles. The first-order chi connectivity index (χ1) is 10.8. The van der Waals surface area contributed by atoms with E-state index in [1.807, 2.05) is 6.92 Å². The van der Waals surface area contributed by atoms with Crippen molar-refractivity contribution in [2.24, 2.45) is 7.05 Å². The number of nitrogens with zero attached hydrogens (tertiary/aromatic N) is 2. The molecule has 1 atom stereocenters. The number of benzene rings is 1. The van der Waals surface area contributed by atoms with Crippen LogP contribution >= 0.6 is 23.2 Å². The fourth-order valence-corrected chi connectivity index (χ4v) is 2.34. The normalized spacial score (nSPS) is 12.0. The zero-order chi connectivity index (χ0) is 17.1. The number of aromatic nitrogens is 2. The Balaban J connectivity index is 2.35. The molecule has 0 radical (unpaired) electrons. The SMILES string of the molecule is CCc1cnn(C)c1Oc1cc(O[C@@H](C)C(=O)O)c(Cl)cc1Cl. The van der Waals surface area contributed by atoms with Crippen LogP contribution in [0.15, 0.2) is 18.3 Å². The Morgan fingerprint density at radius 3 is 2.61 bits per heavy atom. The number of carboxylic acids is 1. The third-order valence-electron chi connectivity index (χ3n) is 3.18. The molecule has 1 N–H and O–H groups in total. The maximum absolute atomic E-state index is 10.9. The van der Waals surface area contributed by atoms with E-state index in [4.69, 9.17) is 37.8 Å². The summed E-state index contributed by atoms with van der Waals surface area (Å²) in [5.74, 6) is -0.0597. The van der Waals surface area contributed by atoms with Crippen LogP contribution in [0, 0.1) is 0 Å². The van der Waals surface area contributed by atoms with Gasteiger partial charge in [0.05, 0.1) is 16.2 Å². The van der Waals surface area contributed by atoms with Gasteiger partial charge >= 0.3 is 5.97 Å². The highest BCUT2D eigenvalue weighted by atomic mass is 35.5. The van der Waals surface area contributed by atoms with Crippen LogP contribution < -0.4 is 9.47 Å². The first kappa shape index (κ1) is 17.4. The van der Waals surface area contributed by atoms with Crippen LogP contribution in [0.4, 0.5) is 0 Å². The van der Waals surface area contributed by atoms with Crippen LogP contribution in [0.1, 0.15) is 19.4 Å². The summed E-state index contributed by atoms with van der Waals surface area (Å²) in [5, 5.41) is 13.6. The Bertz CT molecular complexity index is 731. The largest absolute Gasteiger partial charge is 0.479 e. The number of halogens is 2. The zero-order valence-electron chi connectivity index (χ0n) is 12.8. The number of ether oxygens (including phenoxy) is 2. The molecule has 23 heavy (non-hydrogen) atoms. The fraction of sp³-hybridized carbons (Fsp3) is 0.333. The summed E-state index contributed by atoms with van der Waals surface area (Å²) in [6.07, 6.45) is 1.40. The third kappa shape index (κ3) is 3.89. The van der Waals surface area contributed by atoms with E-state index in [-0.39, 0.29) is 15.8 Å². The van der Waals surface area contributed by atoms with Gasteiger partial charge in [0.1, 0.15) is 5.75 Å². The number of carboxylic acid groups (broad SMARTS) is 1. The molecule has 0 aliphatic carbocycles. The lowest BCUT2D eigenvalue weighted by Gasteiger charge is -2.15. The molecule has 0 saturated carbocycles. The Morgan fingerprint density at radius 2 is 2.00 bits per heavy atom. The van der Waals surface area contributed by atoms with Crippen LogP contribution in [-0.4, -0.2) is 27.0 Å². The van der Waals surface area contributed by atoms with Gasteiger partial charge in [-0.2, -0.15) is 5.10 Å². The van der Waals surface area contributed by atoms with Crippen LogP contribution in [0.3, 0.4) is 0 Å². The number of aryl methyl sites for hydroxylation is 2.